The van der Waals surface area contributed by atoms with Gasteiger partial charge in [-0.25, -0.2) is 4.98 Å². The molecule has 0 spiro atoms. The molecule has 3 aromatic rings. The number of halogens is 1. The van der Waals surface area contributed by atoms with Crippen molar-refractivity contribution in [1.82, 2.24) is 9.55 Å². The minimum atomic E-state index is 0.727. The van der Waals surface area contributed by atoms with Gasteiger partial charge < -0.3 is 4.57 Å². The van der Waals surface area contributed by atoms with Gasteiger partial charge in [-0.2, -0.15) is 5.10 Å². The molecule has 0 bridgehead atoms. The average Bonchev–Trinajstić information content (AvgIpc) is 2.84. The summed E-state index contributed by atoms with van der Waals surface area (Å²) in [6, 6.07) is 16.1. The Hall–Kier alpha value is -2.40. The highest BCUT2D eigenvalue weighted by molar-refractivity contribution is 9.10. The number of nitrogens with zero attached hydrogens (tertiary/aromatic N) is 3. The van der Waals surface area contributed by atoms with E-state index in [1.165, 1.54) is 5.69 Å². The Kier molecular flexibility index (Phi) is 4.57. The number of hydrogen-bond acceptors (Lipinski definition) is 3. The molecule has 0 aliphatic carbocycles. The van der Waals surface area contributed by atoms with E-state index in [9.17, 15) is 0 Å². The third kappa shape index (κ3) is 3.51. The molecule has 23 heavy (non-hydrogen) atoms. The number of aromatic nitrogens is 2. The number of rotatable bonds is 4. The highest BCUT2D eigenvalue weighted by Gasteiger charge is 2.09. The molecule has 0 amide bonds. The SMILES string of the molecule is Cc1cc(/C=N\Nc2ccccn2)c(C)n1-c1ccc(Br)cc1. The van der Waals surface area contributed by atoms with Gasteiger partial charge in [0.05, 0.1) is 6.21 Å². The summed E-state index contributed by atoms with van der Waals surface area (Å²) < 4.78 is 3.29. The van der Waals surface area contributed by atoms with Crippen LogP contribution >= 0.6 is 15.9 Å². The second-order valence-corrected chi connectivity index (χ2v) is 6.14. The molecule has 1 aromatic carbocycles. The Bertz CT molecular complexity index is 820. The largest absolute Gasteiger partial charge is 0.318 e. The van der Waals surface area contributed by atoms with E-state index >= 15 is 0 Å². The summed E-state index contributed by atoms with van der Waals surface area (Å²) >= 11 is 3.47. The molecular weight excluding hydrogens is 352 g/mol. The van der Waals surface area contributed by atoms with Crippen molar-refractivity contribution in [2.45, 2.75) is 13.8 Å². The molecule has 0 atom stereocenters. The molecule has 0 radical (unpaired) electrons. The van der Waals surface area contributed by atoms with Crippen molar-refractivity contribution in [3.05, 3.63) is 76.2 Å². The fourth-order valence-electron chi connectivity index (χ4n) is 2.50. The molecular formula is C18H17BrN4. The molecule has 0 fully saturated rings. The Labute approximate surface area is 144 Å². The topological polar surface area (TPSA) is 42.2 Å². The molecule has 116 valence electrons. The van der Waals surface area contributed by atoms with Crippen molar-refractivity contribution in [2.24, 2.45) is 5.10 Å². The fraction of sp³-hybridized carbons (Fsp3) is 0.111. The summed E-state index contributed by atoms with van der Waals surface area (Å²) in [5, 5.41) is 4.28. The molecule has 4 nitrogen and oxygen atoms in total. The molecule has 0 saturated carbocycles. The van der Waals surface area contributed by atoms with Crippen LogP contribution in [0, 0.1) is 13.8 Å². The standard InChI is InChI=1S/C18H17BrN4/c1-13-11-15(12-21-22-18-5-3-4-10-20-18)14(2)23(13)17-8-6-16(19)7-9-17/h3-12H,1-2H3,(H,20,22)/b21-12-. The summed E-state index contributed by atoms with van der Waals surface area (Å²) in [4.78, 5) is 4.18. The van der Waals surface area contributed by atoms with Gasteiger partial charge in [0, 0.05) is 33.3 Å². The zero-order chi connectivity index (χ0) is 16.2. The first-order valence-electron chi connectivity index (χ1n) is 7.30. The summed E-state index contributed by atoms with van der Waals surface area (Å²) in [5.41, 5.74) is 7.48. The third-order valence-electron chi connectivity index (χ3n) is 3.60. The van der Waals surface area contributed by atoms with Gasteiger partial charge in [-0.05, 0) is 56.3 Å². The number of benzene rings is 1. The van der Waals surface area contributed by atoms with Crippen LogP contribution in [0.1, 0.15) is 17.0 Å². The first-order valence-corrected chi connectivity index (χ1v) is 8.09. The van der Waals surface area contributed by atoms with Crippen molar-refractivity contribution >= 4 is 28.0 Å². The van der Waals surface area contributed by atoms with Crippen LogP contribution in [-0.2, 0) is 0 Å². The number of anilines is 1. The molecule has 0 saturated heterocycles. The van der Waals surface area contributed by atoms with Crippen LogP contribution in [0.2, 0.25) is 0 Å². The predicted octanol–water partition coefficient (Wildman–Crippen LogP) is 4.70. The van der Waals surface area contributed by atoms with Crippen molar-refractivity contribution in [1.29, 1.82) is 0 Å². The van der Waals surface area contributed by atoms with E-state index < -0.39 is 0 Å². The summed E-state index contributed by atoms with van der Waals surface area (Å²) in [6.07, 6.45) is 3.56. The third-order valence-corrected chi connectivity index (χ3v) is 4.13. The van der Waals surface area contributed by atoms with Crippen molar-refractivity contribution in [3.63, 3.8) is 0 Å². The van der Waals surface area contributed by atoms with Crippen molar-refractivity contribution in [3.8, 4) is 5.69 Å². The van der Waals surface area contributed by atoms with Gasteiger partial charge in [0.1, 0.15) is 5.82 Å². The van der Waals surface area contributed by atoms with E-state index in [4.69, 9.17) is 0 Å². The average molecular weight is 369 g/mol. The summed E-state index contributed by atoms with van der Waals surface area (Å²) in [7, 11) is 0. The lowest BCUT2D eigenvalue weighted by Crippen LogP contribution is -1.99. The second-order valence-electron chi connectivity index (χ2n) is 5.22. The molecule has 3 rings (SSSR count). The van der Waals surface area contributed by atoms with E-state index in [0.717, 1.165) is 27.2 Å². The van der Waals surface area contributed by atoms with Crippen LogP contribution in [0.4, 0.5) is 5.82 Å². The maximum absolute atomic E-state index is 4.28. The normalized spacial score (nSPS) is 11.1. The Morgan fingerprint density at radius 1 is 1.13 bits per heavy atom. The second kappa shape index (κ2) is 6.79. The van der Waals surface area contributed by atoms with Gasteiger partial charge in [-0.15, -0.1) is 0 Å². The fourth-order valence-corrected chi connectivity index (χ4v) is 2.77. The predicted molar refractivity (Wildman–Crippen MR) is 98.4 cm³/mol. The van der Waals surface area contributed by atoms with Crippen LogP contribution < -0.4 is 5.43 Å². The van der Waals surface area contributed by atoms with E-state index in [1.54, 1.807) is 6.20 Å². The minimum Gasteiger partial charge on any atom is -0.318 e. The Balaban J connectivity index is 1.84. The maximum Gasteiger partial charge on any atom is 0.146 e. The van der Waals surface area contributed by atoms with Crippen LogP contribution in [0.25, 0.3) is 5.69 Å². The Morgan fingerprint density at radius 3 is 2.61 bits per heavy atom. The number of pyridine rings is 1. The lowest BCUT2D eigenvalue weighted by molar-refractivity contribution is 0.964. The van der Waals surface area contributed by atoms with Gasteiger partial charge in [0.2, 0.25) is 0 Å². The smallest absolute Gasteiger partial charge is 0.146 e. The van der Waals surface area contributed by atoms with E-state index in [1.807, 2.05) is 36.5 Å². The number of hydrogen-bond donors (Lipinski definition) is 1. The first kappa shape index (κ1) is 15.5. The first-order chi connectivity index (χ1) is 11.1. The van der Waals surface area contributed by atoms with Crippen molar-refractivity contribution in [2.75, 3.05) is 5.43 Å². The molecule has 0 unspecified atom stereocenters. The molecule has 0 aliphatic heterocycles. The van der Waals surface area contributed by atoms with E-state index in [-0.39, 0.29) is 0 Å². The van der Waals surface area contributed by atoms with Gasteiger partial charge in [0.15, 0.2) is 0 Å². The highest BCUT2D eigenvalue weighted by Crippen LogP contribution is 2.21. The molecule has 2 heterocycles. The van der Waals surface area contributed by atoms with Crippen LogP contribution in [0.5, 0.6) is 0 Å². The molecule has 5 heteroatoms. The van der Waals surface area contributed by atoms with E-state index in [2.05, 4.69) is 68.1 Å². The number of hydrazone groups is 1. The Morgan fingerprint density at radius 2 is 1.91 bits per heavy atom. The summed E-state index contributed by atoms with van der Waals surface area (Å²) in [6.45, 7) is 4.19. The maximum atomic E-state index is 4.28. The molecule has 2 aromatic heterocycles. The zero-order valence-electron chi connectivity index (χ0n) is 13.0. The van der Waals surface area contributed by atoms with Gasteiger partial charge in [-0.3, -0.25) is 5.43 Å². The van der Waals surface area contributed by atoms with Crippen LogP contribution in [0.15, 0.2) is 64.3 Å². The minimum absolute atomic E-state index is 0.727. The van der Waals surface area contributed by atoms with Crippen LogP contribution in [-0.4, -0.2) is 15.8 Å². The van der Waals surface area contributed by atoms with Gasteiger partial charge in [0.25, 0.3) is 0 Å². The van der Waals surface area contributed by atoms with Gasteiger partial charge in [-0.1, -0.05) is 22.0 Å². The molecule has 0 aliphatic rings. The number of nitrogens with one attached hydrogen (secondary N) is 1. The van der Waals surface area contributed by atoms with E-state index in [0.29, 0.717) is 0 Å². The van der Waals surface area contributed by atoms with Crippen molar-refractivity contribution < 1.29 is 0 Å². The lowest BCUT2D eigenvalue weighted by Gasteiger charge is -2.09. The zero-order valence-corrected chi connectivity index (χ0v) is 14.6. The number of aryl methyl sites for hydroxylation is 1. The monoisotopic (exact) mass is 368 g/mol. The highest BCUT2D eigenvalue weighted by atomic mass is 79.9. The van der Waals surface area contributed by atoms with Crippen LogP contribution in [0.3, 0.4) is 0 Å². The summed E-state index contributed by atoms with van der Waals surface area (Å²) in [5.74, 6) is 0.727. The molecule has 1 N–H and O–H groups in total. The van der Waals surface area contributed by atoms with Gasteiger partial charge >= 0.3 is 0 Å². The lowest BCUT2D eigenvalue weighted by atomic mass is 10.2. The quantitative estimate of drug-likeness (QED) is 0.535.